The van der Waals surface area contributed by atoms with E-state index in [1.165, 1.54) is 0 Å². The van der Waals surface area contributed by atoms with E-state index in [4.69, 9.17) is 21.4 Å². The lowest BCUT2D eigenvalue weighted by atomic mass is 10.1. The van der Waals surface area contributed by atoms with Gasteiger partial charge in [0.25, 0.3) is 0 Å². The molecule has 12 heavy (non-hydrogen) atoms. The summed E-state index contributed by atoms with van der Waals surface area (Å²) < 4.78 is 5.54. The molecule has 0 aromatic rings. The highest BCUT2D eigenvalue weighted by Crippen LogP contribution is 2.15. The van der Waals surface area contributed by atoms with Crippen molar-refractivity contribution in [2.24, 2.45) is 0 Å². The maximum atomic E-state index is 8.97. The molecule has 0 saturated carbocycles. The van der Waals surface area contributed by atoms with Crippen LogP contribution in [0.3, 0.4) is 0 Å². The Labute approximate surface area is 79.9 Å². The zero-order valence-electron chi connectivity index (χ0n) is 8.14. The second kappa shape index (κ2) is 5.79. The van der Waals surface area contributed by atoms with Gasteiger partial charge in [0.2, 0.25) is 0 Å². The van der Waals surface area contributed by atoms with Crippen molar-refractivity contribution in [1.82, 2.24) is 0 Å². The summed E-state index contributed by atoms with van der Waals surface area (Å²) in [7, 11) is 0. The molecular formula is C9H19ClO2. The molecule has 0 spiro atoms. The Hall–Kier alpha value is 0.210. The molecule has 0 aliphatic carbocycles. The number of hydrogen-bond donors (Lipinski definition) is 1. The fourth-order valence-electron chi connectivity index (χ4n) is 0.806. The molecule has 2 nitrogen and oxygen atoms in total. The average molecular weight is 195 g/mol. The van der Waals surface area contributed by atoms with Crippen LogP contribution in [0.25, 0.3) is 0 Å². The maximum absolute atomic E-state index is 8.97. The molecule has 1 unspecified atom stereocenters. The highest BCUT2D eigenvalue weighted by molar-refractivity contribution is 6.17. The summed E-state index contributed by atoms with van der Waals surface area (Å²) in [4.78, 5) is 0. The minimum absolute atomic E-state index is 0.156. The first-order valence-electron chi connectivity index (χ1n) is 4.36. The number of aliphatic hydroxyl groups is 1. The van der Waals surface area contributed by atoms with Crippen LogP contribution in [0.2, 0.25) is 0 Å². The number of alkyl halides is 1. The lowest BCUT2D eigenvalue weighted by Crippen LogP contribution is -2.26. The molecule has 0 aromatic heterocycles. The van der Waals surface area contributed by atoms with Gasteiger partial charge in [-0.15, -0.1) is 11.6 Å². The molecule has 0 fully saturated rings. The standard InChI is InChI=1S/C9H19ClO2/c1-8(11)4-7-12-9(2,3)5-6-10/h8,11H,4-7H2,1-3H3. The lowest BCUT2D eigenvalue weighted by Gasteiger charge is -2.24. The topological polar surface area (TPSA) is 29.5 Å². The molecule has 0 aliphatic heterocycles. The molecule has 0 amide bonds. The normalized spacial score (nSPS) is 14.8. The van der Waals surface area contributed by atoms with Crippen molar-refractivity contribution in [3.63, 3.8) is 0 Å². The van der Waals surface area contributed by atoms with Gasteiger partial charge in [-0.3, -0.25) is 0 Å². The zero-order chi connectivity index (χ0) is 9.61. The van der Waals surface area contributed by atoms with Gasteiger partial charge >= 0.3 is 0 Å². The van der Waals surface area contributed by atoms with Crippen molar-refractivity contribution in [2.45, 2.75) is 45.3 Å². The Balaban J connectivity index is 3.46. The molecule has 0 bridgehead atoms. The molecular weight excluding hydrogens is 176 g/mol. The van der Waals surface area contributed by atoms with Gasteiger partial charge in [-0.1, -0.05) is 0 Å². The first-order valence-corrected chi connectivity index (χ1v) is 4.89. The van der Waals surface area contributed by atoms with Crippen LogP contribution < -0.4 is 0 Å². The molecule has 1 atom stereocenters. The monoisotopic (exact) mass is 194 g/mol. The third-order valence-electron chi connectivity index (χ3n) is 1.72. The SMILES string of the molecule is CC(O)CCOC(C)(C)CCCl. The summed E-state index contributed by atoms with van der Waals surface area (Å²) >= 11 is 5.60. The maximum Gasteiger partial charge on any atom is 0.0637 e. The van der Waals surface area contributed by atoms with Crippen LogP contribution in [0.15, 0.2) is 0 Å². The van der Waals surface area contributed by atoms with Crippen molar-refractivity contribution in [3.8, 4) is 0 Å². The first kappa shape index (κ1) is 12.2. The van der Waals surface area contributed by atoms with Gasteiger partial charge in [0.15, 0.2) is 0 Å². The largest absolute Gasteiger partial charge is 0.393 e. The van der Waals surface area contributed by atoms with E-state index < -0.39 is 0 Å². The summed E-state index contributed by atoms with van der Waals surface area (Å²) in [5.41, 5.74) is -0.156. The van der Waals surface area contributed by atoms with Crippen molar-refractivity contribution < 1.29 is 9.84 Å². The van der Waals surface area contributed by atoms with Gasteiger partial charge in [-0.2, -0.15) is 0 Å². The van der Waals surface area contributed by atoms with E-state index >= 15 is 0 Å². The zero-order valence-corrected chi connectivity index (χ0v) is 8.90. The van der Waals surface area contributed by atoms with Crippen molar-refractivity contribution in [1.29, 1.82) is 0 Å². The predicted octanol–water partition coefficient (Wildman–Crippen LogP) is 2.18. The Morgan fingerprint density at radius 2 is 2.08 bits per heavy atom. The number of rotatable bonds is 6. The van der Waals surface area contributed by atoms with E-state index in [1.54, 1.807) is 6.92 Å². The van der Waals surface area contributed by atoms with Crippen LogP contribution in [-0.2, 0) is 4.74 Å². The van der Waals surface area contributed by atoms with E-state index in [-0.39, 0.29) is 11.7 Å². The van der Waals surface area contributed by atoms with Crippen LogP contribution in [0.5, 0.6) is 0 Å². The predicted molar refractivity (Wildman–Crippen MR) is 51.7 cm³/mol. The quantitative estimate of drug-likeness (QED) is 0.657. The third-order valence-corrected chi connectivity index (χ3v) is 1.91. The third kappa shape index (κ3) is 6.89. The summed E-state index contributed by atoms with van der Waals surface area (Å²) in [6.45, 7) is 6.38. The molecule has 3 heteroatoms. The number of aliphatic hydroxyl groups excluding tert-OH is 1. The molecule has 0 radical (unpaired) electrons. The van der Waals surface area contributed by atoms with Crippen molar-refractivity contribution >= 4 is 11.6 Å². The van der Waals surface area contributed by atoms with Crippen LogP contribution in [0, 0.1) is 0 Å². The number of hydrogen-bond acceptors (Lipinski definition) is 2. The first-order chi connectivity index (χ1) is 5.48. The number of halogens is 1. The second-order valence-corrected chi connectivity index (χ2v) is 4.06. The summed E-state index contributed by atoms with van der Waals surface area (Å²) in [6, 6.07) is 0. The Morgan fingerprint density at radius 1 is 1.50 bits per heavy atom. The van der Waals surface area contributed by atoms with Crippen LogP contribution in [0.1, 0.15) is 33.6 Å². The van der Waals surface area contributed by atoms with E-state index in [1.807, 2.05) is 13.8 Å². The number of ether oxygens (including phenoxy) is 1. The molecule has 0 rings (SSSR count). The molecule has 0 aromatic carbocycles. The van der Waals surface area contributed by atoms with Gasteiger partial charge in [0, 0.05) is 12.5 Å². The van der Waals surface area contributed by atoms with Gasteiger partial charge in [-0.05, 0) is 33.6 Å². The van der Waals surface area contributed by atoms with Crippen LogP contribution in [0.4, 0.5) is 0 Å². The smallest absolute Gasteiger partial charge is 0.0637 e. The highest BCUT2D eigenvalue weighted by atomic mass is 35.5. The molecule has 0 saturated heterocycles. The van der Waals surface area contributed by atoms with E-state index in [2.05, 4.69) is 0 Å². The Bertz CT molecular complexity index is 113. The average Bonchev–Trinajstić information content (AvgIpc) is 1.85. The molecule has 74 valence electrons. The van der Waals surface area contributed by atoms with Crippen molar-refractivity contribution in [2.75, 3.05) is 12.5 Å². The summed E-state index contributed by atoms with van der Waals surface area (Å²) in [5, 5.41) is 8.97. The molecule has 1 N–H and O–H groups in total. The van der Waals surface area contributed by atoms with Gasteiger partial charge in [0.1, 0.15) is 0 Å². The summed E-state index contributed by atoms with van der Waals surface area (Å²) in [6.07, 6.45) is 1.25. The van der Waals surface area contributed by atoms with E-state index in [9.17, 15) is 0 Å². The second-order valence-electron chi connectivity index (χ2n) is 3.68. The van der Waals surface area contributed by atoms with Crippen molar-refractivity contribution in [3.05, 3.63) is 0 Å². The Kier molecular flexibility index (Phi) is 5.89. The van der Waals surface area contributed by atoms with Gasteiger partial charge < -0.3 is 9.84 Å². The van der Waals surface area contributed by atoms with E-state index in [0.717, 1.165) is 6.42 Å². The van der Waals surface area contributed by atoms with Gasteiger partial charge in [0.05, 0.1) is 11.7 Å². The minimum Gasteiger partial charge on any atom is -0.393 e. The highest BCUT2D eigenvalue weighted by Gasteiger charge is 2.17. The minimum atomic E-state index is -0.281. The Morgan fingerprint density at radius 3 is 2.50 bits per heavy atom. The molecule has 0 aliphatic rings. The van der Waals surface area contributed by atoms with Gasteiger partial charge in [-0.25, -0.2) is 0 Å². The van der Waals surface area contributed by atoms with Crippen LogP contribution >= 0.6 is 11.6 Å². The molecule has 0 heterocycles. The fourth-order valence-corrected chi connectivity index (χ4v) is 1.26. The van der Waals surface area contributed by atoms with Crippen LogP contribution in [-0.4, -0.2) is 29.3 Å². The fraction of sp³-hybridized carbons (Fsp3) is 1.00. The van der Waals surface area contributed by atoms with E-state index in [0.29, 0.717) is 18.9 Å². The lowest BCUT2D eigenvalue weighted by molar-refractivity contribution is -0.0309. The summed E-state index contributed by atoms with van der Waals surface area (Å²) in [5.74, 6) is 0.613.